The minimum Gasteiger partial charge on any atom is -0.406 e. The Labute approximate surface area is 197 Å². The lowest BCUT2D eigenvalue weighted by Gasteiger charge is -2.14. The molecule has 0 bridgehead atoms. The van der Waals surface area contributed by atoms with Crippen molar-refractivity contribution < 1.29 is 35.5 Å². The number of carbonyl (C=O) groups is 1. The maximum atomic E-state index is 13.2. The Morgan fingerprint density at radius 3 is 2.34 bits per heavy atom. The van der Waals surface area contributed by atoms with Gasteiger partial charge in [0.1, 0.15) is 17.9 Å². The maximum Gasteiger partial charge on any atom is 0.573 e. The number of ether oxygens (including phenoxy) is 1. The maximum absolute atomic E-state index is 13.2. The summed E-state index contributed by atoms with van der Waals surface area (Å²) < 4.78 is 82.9. The molecule has 182 valence electrons. The van der Waals surface area contributed by atoms with E-state index in [1.165, 1.54) is 12.1 Å². The summed E-state index contributed by atoms with van der Waals surface area (Å²) in [6.07, 6.45) is -2.86. The van der Waals surface area contributed by atoms with E-state index in [-0.39, 0.29) is 17.1 Å². The third-order valence-corrected chi connectivity index (χ3v) is 6.50. The monoisotopic (exact) mass is 507 g/mol. The van der Waals surface area contributed by atoms with Gasteiger partial charge in [-0.05, 0) is 72.6 Å². The number of fused-ring (bicyclic) bond motifs is 1. The number of nitrogens with zero attached hydrogens (tertiary/aromatic N) is 2. The number of aldehydes is 1. The van der Waals surface area contributed by atoms with Crippen LogP contribution in [0.15, 0.2) is 77.8 Å². The molecule has 35 heavy (non-hydrogen) atoms. The molecule has 4 aromatic rings. The number of nitrogens with one attached hydrogen (secondary N) is 1. The van der Waals surface area contributed by atoms with E-state index in [2.05, 4.69) is 14.6 Å². The molecule has 4 rings (SSSR count). The highest BCUT2D eigenvalue weighted by molar-refractivity contribution is 7.89. The van der Waals surface area contributed by atoms with Gasteiger partial charge >= 0.3 is 6.36 Å². The van der Waals surface area contributed by atoms with E-state index in [1.54, 1.807) is 41.2 Å². The average molecular weight is 507 g/mol. The minimum absolute atomic E-state index is 0.0235. The molecule has 0 fully saturated rings. The van der Waals surface area contributed by atoms with Crippen LogP contribution in [0.4, 0.5) is 17.6 Å². The van der Waals surface area contributed by atoms with Crippen molar-refractivity contribution in [2.45, 2.75) is 23.7 Å². The highest BCUT2D eigenvalue weighted by atomic mass is 32.2. The van der Waals surface area contributed by atoms with Crippen molar-refractivity contribution in [2.24, 2.45) is 0 Å². The number of hydrogen-bond donors (Lipinski definition) is 1. The number of benzene rings is 3. The zero-order chi connectivity index (χ0) is 25.2. The molecule has 0 radical (unpaired) electrons. The average Bonchev–Trinajstić information content (AvgIpc) is 3.21. The Bertz CT molecular complexity index is 1450. The summed E-state index contributed by atoms with van der Waals surface area (Å²) in [5, 5.41) is 5.02. The summed E-state index contributed by atoms with van der Waals surface area (Å²) in [4.78, 5) is 11.3. The van der Waals surface area contributed by atoms with Crippen LogP contribution in [-0.2, 0) is 21.2 Å². The van der Waals surface area contributed by atoms with Gasteiger partial charge in [0, 0.05) is 5.39 Å². The topological polar surface area (TPSA) is 90.3 Å². The lowest BCUT2D eigenvalue weighted by atomic mass is 10.1. The van der Waals surface area contributed by atoms with Crippen LogP contribution in [0.25, 0.3) is 16.6 Å². The van der Waals surface area contributed by atoms with Gasteiger partial charge in [0.2, 0.25) is 10.0 Å². The van der Waals surface area contributed by atoms with Gasteiger partial charge in [0.05, 0.1) is 28.3 Å². The van der Waals surface area contributed by atoms with Crippen LogP contribution in [0.3, 0.4) is 0 Å². The van der Waals surface area contributed by atoms with Crippen molar-refractivity contribution in [2.75, 3.05) is 0 Å². The molecular weight excluding hydrogens is 490 g/mol. The SMILES string of the molecule is O=C[C@H](Cc1ccc2c(cnn2-c2ccc(F)cc2)c1)NS(=O)(=O)c1ccc(OC(F)(F)F)cc1. The summed E-state index contributed by atoms with van der Waals surface area (Å²) in [7, 11) is -4.20. The van der Waals surface area contributed by atoms with Crippen molar-refractivity contribution in [3.05, 3.63) is 84.3 Å². The van der Waals surface area contributed by atoms with Crippen LogP contribution in [-0.4, -0.2) is 36.9 Å². The van der Waals surface area contributed by atoms with E-state index in [9.17, 15) is 30.8 Å². The van der Waals surface area contributed by atoms with E-state index in [1.807, 2.05) is 0 Å². The molecule has 1 aromatic heterocycles. The van der Waals surface area contributed by atoms with Crippen molar-refractivity contribution >= 4 is 27.2 Å². The minimum atomic E-state index is -4.90. The summed E-state index contributed by atoms with van der Waals surface area (Å²) in [6, 6.07) is 13.5. The first-order valence-electron chi connectivity index (χ1n) is 10.1. The molecule has 3 aromatic carbocycles. The highest BCUT2D eigenvalue weighted by Gasteiger charge is 2.31. The number of alkyl halides is 3. The van der Waals surface area contributed by atoms with Crippen LogP contribution in [0, 0.1) is 5.82 Å². The normalized spacial score (nSPS) is 13.0. The standard InChI is InChI=1S/C23H17F4N3O4S/c24-17-2-4-19(5-3-17)30-22-10-1-15(11-16(22)13-28-30)12-18(14-31)29-35(32,33)21-8-6-20(7-9-21)34-23(25,26)27/h1-11,13-14,18,29H,12H2/t18-/m0/s1. The molecule has 0 unspecified atom stereocenters. The molecule has 1 heterocycles. The van der Waals surface area contributed by atoms with Crippen LogP contribution in [0.2, 0.25) is 0 Å². The number of carbonyl (C=O) groups excluding carboxylic acids is 1. The van der Waals surface area contributed by atoms with Crippen LogP contribution in [0.1, 0.15) is 5.56 Å². The number of rotatable bonds is 8. The lowest BCUT2D eigenvalue weighted by Crippen LogP contribution is -2.37. The zero-order valence-corrected chi connectivity index (χ0v) is 18.6. The van der Waals surface area contributed by atoms with E-state index < -0.39 is 28.2 Å². The lowest BCUT2D eigenvalue weighted by molar-refractivity contribution is -0.274. The van der Waals surface area contributed by atoms with Gasteiger partial charge in [-0.2, -0.15) is 5.10 Å². The number of hydrogen-bond acceptors (Lipinski definition) is 5. The van der Waals surface area contributed by atoms with Gasteiger partial charge in [-0.15, -0.1) is 13.2 Å². The van der Waals surface area contributed by atoms with E-state index in [4.69, 9.17) is 0 Å². The van der Waals surface area contributed by atoms with Gasteiger partial charge in [-0.1, -0.05) is 6.07 Å². The van der Waals surface area contributed by atoms with Crippen molar-refractivity contribution in [3.8, 4) is 11.4 Å². The second-order valence-corrected chi connectivity index (χ2v) is 9.23. The van der Waals surface area contributed by atoms with Gasteiger partial charge in [-0.25, -0.2) is 22.2 Å². The Hall–Kier alpha value is -3.77. The van der Waals surface area contributed by atoms with Crippen molar-refractivity contribution in [3.63, 3.8) is 0 Å². The van der Waals surface area contributed by atoms with E-state index >= 15 is 0 Å². The largest absolute Gasteiger partial charge is 0.573 e. The number of sulfonamides is 1. The van der Waals surface area contributed by atoms with Gasteiger partial charge in [0.15, 0.2) is 0 Å². The van der Waals surface area contributed by atoms with Crippen molar-refractivity contribution in [1.82, 2.24) is 14.5 Å². The molecule has 0 aliphatic carbocycles. The molecular formula is C23H17F4N3O4S. The molecule has 1 N–H and O–H groups in total. The fourth-order valence-electron chi connectivity index (χ4n) is 3.46. The Morgan fingerprint density at radius 1 is 1.03 bits per heavy atom. The molecule has 0 aliphatic heterocycles. The summed E-state index contributed by atoms with van der Waals surface area (Å²) in [6.45, 7) is 0. The van der Waals surface area contributed by atoms with Crippen LogP contribution < -0.4 is 9.46 Å². The molecule has 12 heteroatoms. The molecule has 0 amide bonds. The van der Waals surface area contributed by atoms with Crippen LogP contribution >= 0.6 is 0 Å². The third kappa shape index (κ3) is 5.84. The first-order chi connectivity index (χ1) is 16.5. The Morgan fingerprint density at radius 2 is 1.71 bits per heavy atom. The second-order valence-electron chi connectivity index (χ2n) is 7.51. The predicted molar refractivity (Wildman–Crippen MR) is 118 cm³/mol. The zero-order valence-electron chi connectivity index (χ0n) is 17.7. The van der Waals surface area contributed by atoms with Crippen LogP contribution in [0.5, 0.6) is 5.75 Å². The molecule has 7 nitrogen and oxygen atoms in total. The molecule has 0 saturated heterocycles. The predicted octanol–water partition coefficient (Wildman–Crippen LogP) is 4.15. The van der Waals surface area contributed by atoms with E-state index in [0.29, 0.717) is 17.5 Å². The highest BCUT2D eigenvalue weighted by Crippen LogP contribution is 2.24. The first kappa shape index (κ1) is 24.4. The summed E-state index contributed by atoms with van der Waals surface area (Å²) >= 11 is 0. The molecule has 0 spiro atoms. The Balaban J connectivity index is 1.49. The van der Waals surface area contributed by atoms with Gasteiger partial charge in [-0.3, -0.25) is 0 Å². The molecule has 0 saturated carbocycles. The fraction of sp³-hybridized carbons (Fsp3) is 0.130. The second kappa shape index (κ2) is 9.47. The Kier molecular flexibility index (Phi) is 6.59. The van der Waals surface area contributed by atoms with Gasteiger partial charge < -0.3 is 9.53 Å². The summed E-state index contributed by atoms with van der Waals surface area (Å²) in [5.74, 6) is -0.946. The van der Waals surface area contributed by atoms with Gasteiger partial charge in [0.25, 0.3) is 0 Å². The first-order valence-corrected chi connectivity index (χ1v) is 11.6. The number of aromatic nitrogens is 2. The summed E-state index contributed by atoms with van der Waals surface area (Å²) in [5.41, 5.74) is 2.02. The van der Waals surface area contributed by atoms with E-state index in [0.717, 1.165) is 35.2 Å². The third-order valence-electron chi connectivity index (χ3n) is 5.00. The smallest absolute Gasteiger partial charge is 0.406 e. The van der Waals surface area contributed by atoms with Crippen molar-refractivity contribution in [1.29, 1.82) is 0 Å². The fourth-order valence-corrected chi connectivity index (χ4v) is 4.62. The molecule has 1 atom stereocenters. The quantitative estimate of drug-likeness (QED) is 0.286. The molecule has 0 aliphatic rings. The number of halogens is 4.